The minimum absolute atomic E-state index is 0.00361. The number of carbonyl (C=O) groups excluding carboxylic acids is 1. The van der Waals surface area contributed by atoms with E-state index in [1.807, 2.05) is 26.0 Å². The Balaban J connectivity index is 1.64. The van der Waals surface area contributed by atoms with Crippen molar-refractivity contribution in [1.82, 2.24) is 9.88 Å². The number of aromatic nitrogens is 1. The van der Waals surface area contributed by atoms with Gasteiger partial charge in [-0.2, -0.15) is 13.2 Å². The molecule has 0 radical (unpaired) electrons. The maximum atomic E-state index is 13.4. The van der Waals surface area contributed by atoms with Gasteiger partial charge in [0.2, 0.25) is 0 Å². The first kappa shape index (κ1) is 23.7. The molecule has 0 N–H and O–H groups in total. The van der Waals surface area contributed by atoms with Gasteiger partial charge in [0, 0.05) is 31.7 Å². The van der Waals surface area contributed by atoms with Crippen LogP contribution in [0.5, 0.6) is 0 Å². The average molecular weight is 478 g/mol. The number of ether oxygens (including phenoxy) is 1. The minimum Gasteiger partial charge on any atom is -0.379 e. The van der Waals surface area contributed by atoms with Crippen LogP contribution in [0.1, 0.15) is 33.5 Å². The molecule has 0 bridgehead atoms. The molecule has 0 atom stereocenters. The van der Waals surface area contributed by atoms with E-state index >= 15 is 0 Å². The summed E-state index contributed by atoms with van der Waals surface area (Å²) >= 11 is 1.40. The van der Waals surface area contributed by atoms with Gasteiger partial charge in [-0.3, -0.25) is 14.6 Å². The Morgan fingerprint density at radius 2 is 1.88 bits per heavy atom. The predicted octanol–water partition coefficient (Wildman–Crippen LogP) is 5.30. The maximum Gasteiger partial charge on any atom is 0.416 e. The molecule has 2 aromatic carbocycles. The number of halogens is 3. The molecular formula is C24H26F3N3O2S. The fraction of sp³-hybridized carbons (Fsp3) is 0.417. The molecule has 5 nitrogen and oxygen atoms in total. The summed E-state index contributed by atoms with van der Waals surface area (Å²) < 4.78 is 46.1. The molecule has 1 aliphatic rings. The van der Waals surface area contributed by atoms with Crippen LogP contribution in [0.15, 0.2) is 36.4 Å². The molecule has 9 heteroatoms. The van der Waals surface area contributed by atoms with Gasteiger partial charge < -0.3 is 4.74 Å². The molecule has 33 heavy (non-hydrogen) atoms. The van der Waals surface area contributed by atoms with Crippen molar-refractivity contribution in [2.75, 3.05) is 44.3 Å². The number of amides is 1. The van der Waals surface area contributed by atoms with Crippen LogP contribution in [0, 0.1) is 13.8 Å². The highest BCUT2D eigenvalue weighted by Gasteiger charge is 2.32. The number of hydrogen-bond acceptors (Lipinski definition) is 5. The topological polar surface area (TPSA) is 45.7 Å². The van der Waals surface area contributed by atoms with E-state index in [9.17, 15) is 18.0 Å². The molecule has 4 rings (SSSR count). The number of morpholine rings is 1. The zero-order valence-electron chi connectivity index (χ0n) is 18.6. The summed E-state index contributed by atoms with van der Waals surface area (Å²) in [5, 5.41) is 0.506. The smallest absolute Gasteiger partial charge is 0.379 e. The predicted molar refractivity (Wildman–Crippen MR) is 124 cm³/mol. The third kappa shape index (κ3) is 5.37. The Kier molecular flexibility index (Phi) is 7.02. The monoisotopic (exact) mass is 477 g/mol. The number of nitrogens with zero attached hydrogens (tertiary/aromatic N) is 3. The quantitative estimate of drug-likeness (QED) is 0.483. The van der Waals surface area contributed by atoms with Crippen LogP contribution in [0.2, 0.25) is 0 Å². The third-order valence-electron chi connectivity index (χ3n) is 5.80. The van der Waals surface area contributed by atoms with Crippen LogP contribution >= 0.6 is 11.3 Å². The van der Waals surface area contributed by atoms with Crippen molar-refractivity contribution in [1.29, 1.82) is 0 Å². The Morgan fingerprint density at radius 1 is 1.15 bits per heavy atom. The third-order valence-corrected chi connectivity index (χ3v) is 7.02. The first-order valence-electron chi connectivity index (χ1n) is 10.9. The zero-order valence-corrected chi connectivity index (χ0v) is 19.4. The van der Waals surface area contributed by atoms with Crippen molar-refractivity contribution in [3.63, 3.8) is 0 Å². The van der Waals surface area contributed by atoms with E-state index in [1.54, 1.807) is 0 Å². The molecule has 1 aliphatic heterocycles. The van der Waals surface area contributed by atoms with Crippen LogP contribution in [0.4, 0.5) is 18.3 Å². The molecule has 1 saturated heterocycles. The lowest BCUT2D eigenvalue weighted by Crippen LogP contribution is -2.39. The van der Waals surface area contributed by atoms with E-state index in [0.717, 1.165) is 53.1 Å². The summed E-state index contributed by atoms with van der Waals surface area (Å²) in [4.78, 5) is 22.0. The van der Waals surface area contributed by atoms with Gasteiger partial charge in [-0.25, -0.2) is 4.98 Å². The number of benzene rings is 2. The van der Waals surface area contributed by atoms with Crippen LogP contribution < -0.4 is 4.90 Å². The lowest BCUT2D eigenvalue weighted by atomic mass is 10.1. The molecule has 1 aromatic heterocycles. The molecule has 0 aliphatic carbocycles. The molecule has 0 saturated carbocycles. The fourth-order valence-electron chi connectivity index (χ4n) is 3.91. The molecule has 2 heterocycles. The number of thiazole rings is 1. The molecule has 0 spiro atoms. The van der Waals surface area contributed by atoms with E-state index in [4.69, 9.17) is 9.72 Å². The molecule has 0 unspecified atom stereocenters. The van der Waals surface area contributed by atoms with E-state index < -0.39 is 17.6 Å². The number of fused-ring (bicyclic) bond motifs is 1. The summed E-state index contributed by atoms with van der Waals surface area (Å²) in [6, 6.07) is 8.59. The first-order valence-corrected chi connectivity index (χ1v) is 11.7. The van der Waals surface area contributed by atoms with Crippen LogP contribution in [0.25, 0.3) is 10.2 Å². The summed E-state index contributed by atoms with van der Waals surface area (Å²) in [6.45, 7) is 8.13. The molecule has 176 valence electrons. The van der Waals surface area contributed by atoms with Crippen molar-refractivity contribution in [3.05, 3.63) is 58.7 Å². The van der Waals surface area contributed by atoms with E-state index in [0.29, 0.717) is 31.3 Å². The maximum absolute atomic E-state index is 13.4. The Hall–Kier alpha value is -2.49. The largest absolute Gasteiger partial charge is 0.416 e. The highest BCUT2D eigenvalue weighted by molar-refractivity contribution is 7.22. The SMILES string of the molecule is Cc1ccc(C)c2sc(N(CCCN3CCOCC3)C(=O)c3cccc(C(F)(F)F)c3)nc12. The second-order valence-corrected chi connectivity index (χ2v) is 9.19. The van der Waals surface area contributed by atoms with Gasteiger partial charge in [-0.05, 0) is 49.6 Å². The highest BCUT2D eigenvalue weighted by Crippen LogP contribution is 2.34. The minimum atomic E-state index is -4.51. The molecule has 1 amide bonds. The second kappa shape index (κ2) is 9.79. The summed E-state index contributed by atoms with van der Waals surface area (Å²) in [6.07, 6.45) is -3.83. The van der Waals surface area contributed by atoms with E-state index in [2.05, 4.69) is 4.90 Å². The number of hydrogen-bond donors (Lipinski definition) is 0. The van der Waals surface area contributed by atoms with Crippen molar-refractivity contribution in [2.24, 2.45) is 0 Å². The Labute approximate surface area is 194 Å². The van der Waals surface area contributed by atoms with Gasteiger partial charge in [0.05, 0.1) is 29.0 Å². The summed E-state index contributed by atoms with van der Waals surface area (Å²) in [5.74, 6) is -0.475. The number of rotatable bonds is 6. The van der Waals surface area contributed by atoms with Gasteiger partial charge in [-0.1, -0.05) is 29.5 Å². The number of alkyl halides is 3. The lowest BCUT2D eigenvalue weighted by Gasteiger charge is -2.27. The summed E-state index contributed by atoms with van der Waals surface area (Å²) in [5.41, 5.74) is 2.04. The van der Waals surface area contributed by atoms with Gasteiger partial charge >= 0.3 is 6.18 Å². The van der Waals surface area contributed by atoms with Gasteiger partial charge in [-0.15, -0.1) is 0 Å². The van der Waals surface area contributed by atoms with Gasteiger partial charge in [0.15, 0.2) is 5.13 Å². The van der Waals surface area contributed by atoms with Crippen molar-refractivity contribution in [2.45, 2.75) is 26.4 Å². The van der Waals surface area contributed by atoms with Crippen molar-refractivity contribution in [3.8, 4) is 0 Å². The molecule has 3 aromatic rings. The van der Waals surface area contributed by atoms with Crippen LogP contribution in [-0.2, 0) is 10.9 Å². The number of carbonyl (C=O) groups is 1. The second-order valence-electron chi connectivity index (χ2n) is 8.22. The highest BCUT2D eigenvalue weighted by atomic mass is 32.1. The first-order chi connectivity index (χ1) is 15.7. The fourth-order valence-corrected chi connectivity index (χ4v) is 5.05. The standard InChI is InChI=1S/C24H26F3N3O2S/c1-16-7-8-17(2)21-20(16)28-23(33-21)30(10-4-9-29-11-13-32-14-12-29)22(31)18-5-3-6-19(15-18)24(25,26)27/h3,5-8,15H,4,9-14H2,1-2H3. The normalized spacial score (nSPS) is 15.2. The average Bonchev–Trinajstić information content (AvgIpc) is 3.26. The van der Waals surface area contributed by atoms with Crippen LogP contribution in [-0.4, -0.2) is 55.2 Å². The Morgan fingerprint density at radius 3 is 2.58 bits per heavy atom. The van der Waals surface area contributed by atoms with Crippen LogP contribution in [0.3, 0.4) is 0 Å². The number of anilines is 1. The lowest BCUT2D eigenvalue weighted by molar-refractivity contribution is -0.137. The summed E-state index contributed by atoms with van der Waals surface area (Å²) in [7, 11) is 0. The van der Waals surface area contributed by atoms with Crippen molar-refractivity contribution >= 4 is 32.6 Å². The van der Waals surface area contributed by atoms with E-state index in [1.165, 1.54) is 28.4 Å². The van der Waals surface area contributed by atoms with Gasteiger partial charge in [0.1, 0.15) is 0 Å². The molecular weight excluding hydrogens is 451 g/mol. The zero-order chi connectivity index (χ0) is 23.6. The molecule has 1 fully saturated rings. The van der Waals surface area contributed by atoms with Crippen molar-refractivity contribution < 1.29 is 22.7 Å². The van der Waals surface area contributed by atoms with Gasteiger partial charge in [0.25, 0.3) is 5.91 Å². The van der Waals surface area contributed by atoms with E-state index in [-0.39, 0.29) is 5.56 Å². The Bertz CT molecular complexity index is 1100. The number of aryl methyl sites for hydroxylation is 2.